The molecule has 4 heteroatoms. The zero-order chi connectivity index (χ0) is 12.3. The van der Waals surface area contributed by atoms with Crippen molar-refractivity contribution in [2.45, 2.75) is 27.2 Å². The maximum atomic E-state index is 4.39. The molecular formula is C13H18N4. The zero-order valence-electron chi connectivity index (χ0n) is 10.5. The number of fused-ring (bicyclic) bond motifs is 1. The van der Waals surface area contributed by atoms with Crippen molar-refractivity contribution in [3.63, 3.8) is 0 Å². The van der Waals surface area contributed by atoms with Crippen LogP contribution in [0.25, 0.3) is 11.0 Å². The third kappa shape index (κ3) is 3.06. The van der Waals surface area contributed by atoms with Crippen LogP contribution in [-0.2, 0) is 0 Å². The summed E-state index contributed by atoms with van der Waals surface area (Å²) < 4.78 is 0. The lowest BCUT2D eigenvalue weighted by atomic mass is 10.1. The van der Waals surface area contributed by atoms with E-state index in [1.165, 1.54) is 0 Å². The van der Waals surface area contributed by atoms with Crippen LogP contribution in [0, 0.1) is 5.92 Å². The molecule has 0 aliphatic rings. The van der Waals surface area contributed by atoms with Crippen LogP contribution in [-0.4, -0.2) is 15.7 Å². The molecule has 4 nitrogen and oxygen atoms in total. The number of hydrazone groups is 1. The zero-order valence-corrected chi connectivity index (χ0v) is 10.5. The molecule has 0 unspecified atom stereocenters. The van der Waals surface area contributed by atoms with E-state index in [1.54, 1.807) is 0 Å². The van der Waals surface area contributed by atoms with E-state index in [0.29, 0.717) is 11.9 Å². The SMILES string of the molecule is C/C(CC(C)C)=N\Nc1nc2ccccc2[nH]1. The second-order valence-corrected chi connectivity index (χ2v) is 4.66. The van der Waals surface area contributed by atoms with Gasteiger partial charge in [0.25, 0.3) is 0 Å². The second kappa shape index (κ2) is 4.99. The Morgan fingerprint density at radius 1 is 1.41 bits per heavy atom. The van der Waals surface area contributed by atoms with Gasteiger partial charge in [-0.15, -0.1) is 0 Å². The van der Waals surface area contributed by atoms with Crippen molar-refractivity contribution < 1.29 is 0 Å². The van der Waals surface area contributed by atoms with E-state index in [-0.39, 0.29) is 0 Å². The highest BCUT2D eigenvalue weighted by molar-refractivity contribution is 5.83. The molecule has 0 bridgehead atoms. The van der Waals surface area contributed by atoms with E-state index in [4.69, 9.17) is 0 Å². The lowest BCUT2D eigenvalue weighted by Crippen LogP contribution is -2.02. The lowest BCUT2D eigenvalue weighted by Gasteiger charge is -2.03. The molecule has 0 atom stereocenters. The summed E-state index contributed by atoms with van der Waals surface area (Å²) in [5.41, 5.74) is 6.02. The van der Waals surface area contributed by atoms with Crippen molar-refractivity contribution in [3.8, 4) is 0 Å². The average Bonchev–Trinajstić information content (AvgIpc) is 2.68. The maximum Gasteiger partial charge on any atom is 0.222 e. The highest BCUT2D eigenvalue weighted by atomic mass is 15.4. The Kier molecular flexibility index (Phi) is 3.42. The molecule has 0 amide bonds. The third-order valence-corrected chi connectivity index (χ3v) is 2.45. The highest BCUT2D eigenvalue weighted by Gasteiger charge is 2.01. The molecule has 90 valence electrons. The van der Waals surface area contributed by atoms with Gasteiger partial charge < -0.3 is 4.98 Å². The van der Waals surface area contributed by atoms with Crippen LogP contribution in [0.3, 0.4) is 0 Å². The van der Waals surface area contributed by atoms with E-state index >= 15 is 0 Å². The molecule has 0 spiro atoms. The fourth-order valence-electron chi connectivity index (χ4n) is 1.79. The van der Waals surface area contributed by atoms with Crippen LogP contribution in [0.1, 0.15) is 27.2 Å². The van der Waals surface area contributed by atoms with E-state index in [1.807, 2.05) is 31.2 Å². The first kappa shape index (κ1) is 11.6. The van der Waals surface area contributed by atoms with Crippen molar-refractivity contribution in [1.82, 2.24) is 9.97 Å². The molecule has 0 fully saturated rings. The van der Waals surface area contributed by atoms with Gasteiger partial charge in [-0.25, -0.2) is 10.4 Å². The largest absolute Gasteiger partial charge is 0.323 e. The summed E-state index contributed by atoms with van der Waals surface area (Å²) in [6.45, 7) is 6.38. The topological polar surface area (TPSA) is 53.1 Å². The first-order valence-corrected chi connectivity index (χ1v) is 5.89. The molecule has 0 aliphatic carbocycles. The summed E-state index contributed by atoms with van der Waals surface area (Å²) >= 11 is 0. The molecule has 2 N–H and O–H groups in total. The Bertz CT molecular complexity index is 492. The van der Waals surface area contributed by atoms with Crippen molar-refractivity contribution in [3.05, 3.63) is 24.3 Å². The smallest absolute Gasteiger partial charge is 0.222 e. The molecule has 2 rings (SSSR count). The average molecular weight is 230 g/mol. The lowest BCUT2D eigenvalue weighted by molar-refractivity contribution is 0.681. The molecule has 17 heavy (non-hydrogen) atoms. The third-order valence-electron chi connectivity index (χ3n) is 2.45. The number of H-pyrrole nitrogens is 1. The minimum absolute atomic E-state index is 0.622. The fourth-order valence-corrected chi connectivity index (χ4v) is 1.79. The maximum absolute atomic E-state index is 4.39. The van der Waals surface area contributed by atoms with Gasteiger partial charge in [0.05, 0.1) is 11.0 Å². The summed E-state index contributed by atoms with van der Waals surface area (Å²) in [6.07, 6.45) is 0.993. The number of imidazole rings is 1. The molecule has 1 aromatic carbocycles. The van der Waals surface area contributed by atoms with Crippen molar-refractivity contribution in [1.29, 1.82) is 0 Å². The molecule has 0 radical (unpaired) electrons. The van der Waals surface area contributed by atoms with Crippen LogP contribution in [0.5, 0.6) is 0 Å². The standard InChI is InChI=1S/C13H18N4/c1-9(2)8-10(3)16-17-13-14-11-6-4-5-7-12(11)15-13/h4-7,9H,8H2,1-3H3,(H2,14,15,17)/b16-10+. The molecular weight excluding hydrogens is 212 g/mol. The Hall–Kier alpha value is -1.84. The van der Waals surface area contributed by atoms with Gasteiger partial charge >= 0.3 is 0 Å². The Balaban J connectivity index is 2.08. The number of aromatic amines is 1. The molecule has 0 saturated carbocycles. The predicted octanol–water partition coefficient (Wildman–Crippen LogP) is 3.40. The minimum Gasteiger partial charge on any atom is -0.323 e. The molecule has 1 heterocycles. The van der Waals surface area contributed by atoms with E-state index in [0.717, 1.165) is 23.2 Å². The monoisotopic (exact) mass is 230 g/mol. The van der Waals surface area contributed by atoms with Gasteiger partial charge in [-0.2, -0.15) is 5.10 Å². The number of benzene rings is 1. The highest BCUT2D eigenvalue weighted by Crippen LogP contribution is 2.13. The number of anilines is 1. The fraction of sp³-hybridized carbons (Fsp3) is 0.385. The number of nitrogens with one attached hydrogen (secondary N) is 2. The number of para-hydroxylation sites is 2. The van der Waals surface area contributed by atoms with E-state index in [9.17, 15) is 0 Å². The summed E-state index contributed by atoms with van der Waals surface area (Å²) in [6, 6.07) is 7.93. The number of hydrogen-bond acceptors (Lipinski definition) is 3. The quantitative estimate of drug-likeness (QED) is 0.624. The minimum atomic E-state index is 0.622. The van der Waals surface area contributed by atoms with Gasteiger partial charge in [0.15, 0.2) is 0 Å². The number of rotatable bonds is 4. The van der Waals surface area contributed by atoms with Crippen LogP contribution in [0.2, 0.25) is 0 Å². The van der Waals surface area contributed by atoms with Gasteiger partial charge in [0.2, 0.25) is 5.95 Å². The van der Waals surface area contributed by atoms with Crippen LogP contribution >= 0.6 is 0 Å². The Labute approximate surface area is 101 Å². The van der Waals surface area contributed by atoms with Gasteiger partial charge in [-0.05, 0) is 31.4 Å². The number of nitrogens with zero attached hydrogens (tertiary/aromatic N) is 2. The number of aromatic nitrogens is 2. The van der Waals surface area contributed by atoms with Gasteiger partial charge in [0, 0.05) is 5.71 Å². The van der Waals surface area contributed by atoms with Crippen molar-refractivity contribution in [2.75, 3.05) is 5.43 Å². The van der Waals surface area contributed by atoms with Gasteiger partial charge in [0.1, 0.15) is 0 Å². The van der Waals surface area contributed by atoms with Crippen molar-refractivity contribution >= 4 is 22.7 Å². The molecule has 0 aliphatic heterocycles. The first-order chi connectivity index (χ1) is 8.15. The predicted molar refractivity (Wildman–Crippen MR) is 72.3 cm³/mol. The summed E-state index contributed by atoms with van der Waals surface area (Å²) in [5, 5.41) is 4.30. The molecule has 0 saturated heterocycles. The normalized spacial score (nSPS) is 12.4. The van der Waals surface area contributed by atoms with Crippen LogP contribution < -0.4 is 5.43 Å². The van der Waals surface area contributed by atoms with Crippen molar-refractivity contribution in [2.24, 2.45) is 11.0 Å². The van der Waals surface area contributed by atoms with E-state index < -0.39 is 0 Å². The Morgan fingerprint density at radius 3 is 2.88 bits per heavy atom. The second-order valence-electron chi connectivity index (χ2n) is 4.66. The summed E-state index contributed by atoms with van der Waals surface area (Å²) in [5.74, 6) is 1.31. The van der Waals surface area contributed by atoms with Gasteiger partial charge in [-0.1, -0.05) is 26.0 Å². The van der Waals surface area contributed by atoms with E-state index in [2.05, 4.69) is 34.3 Å². The van der Waals surface area contributed by atoms with Crippen LogP contribution in [0.4, 0.5) is 5.95 Å². The number of hydrogen-bond donors (Lipinski definition) is 2. The molecule has 2 aromatic rings. The van der Waals surface area contributed by atoms with Gasteiger partial charge in [-0.3, -0.25) is 0 Å². The summed E-state index contributed by atoms with van der Waals surface area (Å²) in [7, 11) is 0. The Morgan fingerprint density at radius 2 is 2.18 bits per heavy atom. The summed E-state index contributed by atoms with van der Waals surface area (Å²) in [4.78, 5) is 7.57. The molecule has 1 aromatic heterocycles. The first-order valence-electron chi connectivity index (χ1n) is 5.89. The van der Waals surface area contributed by atoms with Crippen LogP contribution in [0.15, 0.2) is 29.4 Å².